The van der Waals surface area contributed by atoms with Crippen LogP contribution in [0.2, 0.25) is 0 Å². The monoisotopic (exact) mass is 246 g/mol. The minimum Gasteiger partial charge on any atom is -0.463 e. The van der Waals surface area contributed by atoms with Gasteiger partial charge >= 0.3 is 5.97 Å². The molecule has 0 rings (SSSR count). The van der Waals surface area contributed by atoms with E-state index in [4.69, 9.17) is 14.9 Å². The molecule has 2 atom stereocenters. The number of carbonyl (C=O) groups excluding carboxylic acids is 1. The van der Waals surface area contributed by atoms with Crippen LogP contribution in [0.5, 0.6) is 0 Å². The second-order valence-corrected chi connectivity index (χ2v) is 4.66. The molecule has 0 bridgehead atoms. The van der Waals surface area contributed by atoms with E-state index < -0.39 is 6.10 Å². The zero-order chi connectivity index (χ0) is 13.1. The number of hydrogen-bond acceptors (Lipinski definition) is 4. The molecule has 4 nitrogen and oxygen atoms in total. The van der Waals surface area contributed by atoms with E-state index in [2.05, 4.69) is 13.8 Å². The molecule has 0 unspecified atom stereocenters. The van der Waals surface area contributed by atoms with E-state index in [0.717, 1.165) is 25.2 Å². The second-order valence-electron chi connectivity index (χ2n) is 4.66. The summed E-state index contributed by atoms with van der Waals surface area (Å²) >= 11 is 0. The van der Waals surface area contributed by atoms with Gasteiger partial charge in [-0.15, -0.1) is 0 Å². The number of carbonyl (C=O) groups is 1. The first-order chi connectivity index (χ1) is 8.10. The molecule has 0 aliphatic carbocycles. The van der Waals surface area contributed by atoms with Crippen molar-refractivity contribution in [1.82, 2.24) is 0 Å². The minimum atomic E-state index is -0.955. The Kier molecular flexibility index (Phi) is 10.2. The summed E-state index contributed by atoms with van der Waals surface area (Å²) in [7, 11) is 0. The third-order valence-corrected chi connectivity index (χ3v) is 2.76. The molecule has 0 spiro atoms. The van der Waals surface area contributed by atoms with Crippen LogP contribution < -0.4 is 0 Å². The molecule has 2 N–H and O–H groups in total. The third-order valence-electron chi connectivity index (χ3n) is 2.76. The summed E-state index contributed by atoms with van der Waals surface area (Å²) in [6.07, 6.45) is 4.93. The quantitative estimate of drug-likeness (QED) is 0.456. The van der Waals surface area contributed by atoms with E-state index in [1.165, 1.54) is 12.8 Å². The van der Waals surface area contributed by atoms with Crippen molar-refractivity contribution in [3.05, 3.63) is 0 Å². The Labute approximate surface area is 104 Å². The van der Waals surface area contributed by atoms with Crippen molar-refractivity contribution in [2.45, 2.75) is 58.5 Å². The fraction of sp³-hybridized carbons (Fsp3) is 0.923. The van der Waals surface area contributed by atoms with Crippen LogP contribution in [0.1, 0.15) is 52.4 Å². The van der Waals surface area contributed by atoms with E-state index in [0.29, 0.717) is 6.42 Å². The van der Waals surface area contributed by atoms with Crippen molar-refractivity contribution < 1.29 is 19.7 Å². The van der Waals surface area contributed by atoms with E-state index in [1.807, 2.05) is 0 Å². The fourth-order valence-corrected chi connectivity index (χ4v) is 1.71. The molecule has 0 aromatic heterocycles. The highest BCUT2D eigenvalue weighted by Crippen LogP contribution is 2.14. The van der Waals surface area contributed by atoms with Crippen LogP contribution in [0.3, 0.4) is 0 Å². The van der Waals surface area contributed by atoms with Crippen LogP contribution in [-0.2, 0) is 9.53 Å². The Hall–Kier alpha value is -0.610. The maximum absolute atomic E-state index is 11.2. The van der Waals surface area contributed by atoms with Gasteiger partial charge in [-0.2, -0.15) is 0 Å². The number of aliphatic hydroxyl groups is 2. The van der Waals surface area contributed by atoms with Crippen LogP contribution in [0.15, 0.2) is 0 Å². The highest BCUT2D eigenvalue weighted by Gasteiger charge is 2.08. The van der Waals surface area contributed by atoms with Crippen LogP contribution in [0.25, 0.3) is 0 Å². The van der Waals surface area contributed by atoms with E-state index in [-0.39, 0.29) is 19.2 Å². The van der Waals surface area contributed by atoms with Gasteiger partial charge in [0.05, 0.1) is 6.61 Å². The number of rotatable bonds is 10. The molecule has 4 heteroatoms. The Morgan fingerprint density at radius 1 is 1.29 bits per heavy atom. The van der Waals surface area contributed by atoms with Crippen molar-refractivity contribution in [3.8, 4) is 0 Å². The molecular formula is C13H26O4. The lowest BCUT2D eigenvalue weighted by Crippen LogP contribution is -2.21. The highest BCUT2D eigenvalue weighted by molar-refractivity contribution is 5.69. The van der Waals surface area contributed by atoms with Gasteiger partial charge in [-0.1, -0.05) is 39.5 Å². The van der Waals surface area contributed by atoms with Crippen molar-refractivity contribution in [2.75, 3.05) is 13.2 Å². The number of ether oxygens (including phenoxy) is 1. The van der Waals surface area contributed by atoms with E-state index in [9.17, 15) is 4.79 Å². The Bertz CT molecular complexity index is 194. The largest absolute Gasteiger partial charge is 0.463 e. The van der Waals surface area contributed by atoms with Crippen LogP contribution >= 0.6 is 0 Å². The van der Waals surface area contributed by atoms with Gasteiger partial charge in [0.2, 0.25) is 0 Å². The fourth-order valence-electron chi connectivity index (χ4n) is 1.71. The molecule has 0 saturated heterocycles. The Balaban J connectivity index is 3.39. The van der Waals surface area contributed by atoms with Gasteiger partial charge in [0.15, 0.2) is 0 Å². The lowest BCUT2D eigenvalue weighted by molar-refractivity contribution is -0.147. The molecule has 0 fully saturated rings. The molecule has 0 amide bonds. The summed E-state index contributed by atoms with van der Waals surface area (Å²) in [5.41, 5.74) is 0. The van der Waals surface area contributed by atoms with Gasteiger partial charge in [-0.25, -0.2) is 0 Å². The number of esters is 1. The first-order valence-electron chi connectivity index (χ1n) is 6.54. The average molecular weight is 246 g/mol. The summed E-state index contributed by atoms with van der Waals surface area (Å²) in [6, 6.07) is 0. The van der Waals surface area contributed by atoms with Gasteiger partial charge in [0, 0.05) is 6.42 Å². The standard InChI is InChI=1S/C13H26O4/c1-3-6-11(2)7-4-5-8-13(16)17-10-12(15)9-14/h11-12,14-15H,3-10H2,1-2H3/t11-,12+/m1/s1. The van der Waals surface area contributed by atoms with E-state index >= 15 is 0 Å². The molecule has 0 heterocycles. The number of hydrogen-bond donors (Lipinski definition) is 2. The van der Waals surface area contributed by atoms with Crippen LogP contribution in [0, 0.1) is 5.92 Å². The van der Waals surface area contributed by atoms with Gasteiger partial charge in [-0.3, -0.25) is 4.79 Å². The summed E-state index contributed by atoms with van der Waals surface area (Å²) in [6.45, 7) is 3.93. The third kappa shape index (κ3) is 10.3. The molecule has 17 heavy (non-hydrogen) atoms. The second kappa shape index (κ2) is 10.5. The highest BCUT2D eigenvalue weighted by atomic mass is 16.5. The lowest BCUT2D eigenvalue weighted by atomic mass is 9.99. The first kappa shape index (κ1) is 16.4. The summed E-state index contributed by atoms with van der Waals surface area (Å²) in [4.78, 5) is 11.2. The number of aliphatic hydroxyl groups excluding tert-OH is 2. The zero-order valence-corrected chi connectivity index (χ0v) is 11.0. The maximum atomic E-state index is 11.2. The Morgan fingerprint density at radius 2 is 2.00 bits per heavy atom. The zero-order valence-electron chi connectivity index (χ0n) is 11.0. The van der Waals surface area contributed by atoms with Crippen molar-refractivity contribution >= 4 is 5.97 Å². The van der Waals surface area contributed by atoms with Crippen LogP contribution in [-0.4, -0.2) is 35.5 Å². The minimum absolute atomic E-state index is 0.110. The Morgan fingerprint density at radius 3 is 2.59 bits per heavy atom. The van der Waals surface area contributed by atoms with E-state index in [1.54, 1.807) is 0 Å². The average Bonchev–Trinajstić information content (AvgIpc) is 2.32. The predicted molar refractivity (Wildman–Crippen MR) is 66.6 cm³/mol. The predicted octanol–water partition coefficient (Wildman–Crippen LogP) is 1.88. The molecule has 0 aromatic carbocycles. The molecule has 0 aliphatic rings. The van der Waals surface area contributed by atoms with Gasteiger partial charge < -0.3 is 14.9 Å². The SMILES string of the molecule is CCC[C@@H](C)CCCCC(=O)OC[C@@H](O)CO. The van der Waals surface area contributed by atoms with Crippen molar-refractivity contribution in [1.29, 1.82) is 0 Å². The maximum Gasteiger partial charge on any atom is 0.305 e. The molecule has 0 radical (unpaired) electrons. The summed E-state index contributed by atoms with van der Waals surface area (Å²) in [5, 5.41) is 17.5. The lowest BCUT2D eigenvalue weighted by Gasteiger charge is -2.10. The van der Waals surface area contributed by atoms with Gasteiger partial charge in [0.1, 0.15) is 12.7 Å². The smallest absolute Gasteiger partial charge is 0.305 e. The molecule has 0 aromatic rings. The topological polar surface area (TPSA) is 66.8 Å². The molecular weight excluding hydrogens is 220 g/mol. The van der Waals surface area contributed by atoms with Gasteiger partial charge in [0.25, 0.3) is 0 Å². The molecule has 0 aliphatic heterocycles. The van der Waals surface area contributed by atoms with Crippen molar-refractivity contribution in [3.63, 3.8) is 0 Å². The summed E-state index contributed by atoms with van der Waals surface area (Å²) < 4.78 is 4.80. The first-order valence-corrected chi connectivity index (χ1v) is 6.54. The normalized spacial score (nSPS) is 14.4. The van der Waals surface area contributed by atoms with Crippen LogP contribution in [0.4, 0.5) is 0 Å². The summed E-state index contributed by atoms with van der Waals surface area (Å²) in [5.74, 6) is 0.438. The molecule has 102 valence electrons. The molecule has 0 saturated carbocycles. The van der Waals surface area contributed by atoms with Gasteiger partial charge in [-0.05, 0) is 12.3 Å². The van der Waals surface area contributed by atoms with Crippen molar-refractivity contribution in [2.24, 2.45) is 5.92 Å². The number of unbranched alkanes of at least 4 members (excludes halogenated alkanes) is 1.